The Kier molecular flexibility index (Phi) is 8.05. The van der Waals surface area contributed by atoms with Crippen LogP contribution in [0.1, 0.15) is 81.8 Å². The molecule has 35 heavy (non-hydrogen) atoms. The molecule has 4 rings (SSSR count). The van der Waals surface area contributed by atoms with Gasteiger partial charge in [0.05, 0.1) is 6.67 Å². The fourth-order valence-corrected chi connectivity index (χ4v) is 3.76. The number of carbonyl (C=O) groups is 1. The van der Waals surface area contributed by atoms with E-state index in [1.165, 1.54) is 0 Å². The Morgan fingerprint density at radius 1 is 1.17 bits per heavy atom. The number of hydrogen-bond acceptors (Lipinski definition) is 7. The van der Waals surface area contributed by atoms with Crippen molar-refractivity contribution in [3.8, 4) is 11.4 Å². The maximum atomic E-state index is 13.1. The van der Waals surface area contributed by atoms with Crippen molar-refractivity contribution >= 4 is 11.6 Å². The summed E-state index contributed by atoms with van der Waals surface area (Å²) < 4.78 is 23.6. The summed E-state index contributed by atoms with van der Waals surface area (Å²) >= 11 is 0. The Bertz CT molecular complexity index is 1150. The first-order valence-corrected chi connectivity index (χ1v) is 12.3. The van der Waals surface area contributed by atoms with E-state index in [9.17, 15) is 9.18 Å². The minimum absolute atomic E-state index is 0.0120. The molecule has 0 unspecified atom stereocenters. The molecular weight excluding hydrogens is 449 g/mol. The summed E-state index contributed by atoms with van der Waals surface area (Å²) in [5.41, 5.74) is 1.68. The number of halogens is 1. The van der Waals surface area contributed by atoms with Gasteiger partial charge in [0.15, 0.2) is 5.82 Å². The molecule has 1 aliphatic carbocycles. The highest BCUT2D eigenvalue weighted by atomic mass is 19.1. The van der Waals surface area contributed by atoms with Crippen LogP contribution in [0.2, 0.25) is 0 Å². The zero-order valence-electron chi connectivity index (χ0n) is 20.4. The summed E-state index contributed by atoms with van der Waals surface area (Å²) in [4.78, 5) is 23.7. The highest BCUT2D eigenvalue weighted by molar-refractivity contribution is 6.05. The van der Waals surface area contributed by atoms with Crippen LogP contribution in [-0.2, 0) is 11.2 Å². The number of carbonyl (C=O) groups excluding carboxylic acids is 1. The molecule has 0 bridgehead atoms. The van der Waals surface area contributed by atoms with Crippen LogP contribution in [0, 0.1) is 0 Å². The zero-order chi connectivity index (χ0) is 24.8. The van der Waals surface area contributed by atoms with Crippen LogP contribution in [0.4, 0.5) is 10.1 Å². The molecule has 0 radical (unpaired) electrons. The van der Waals surface area contributed by atoms with Crippen LogP contribution in [-0.4, -0.2) is 39.4 Å². The van der Waals surface area contributed by atoms with Crippen molar-refractivity contribution in [3.05, 3.63) is 54.0 Å². The second-order valence-corrected chi connectivity index (χ2v) is 9.29. The summed E-state index contributed by atoms with van der Waals surface area (Å²) in [6, 6.07) is 7.43. The Morgan fingerprint density at radius 2 is 2.00 bits per heavy atom. The van der Waals surface area contributed by atoms with Gasteiger partial charge in [0.2, 0.25) is 17.6 Å². The van der Waals surface area contributed by atoms with Gasteiger partial charge >= 0.3 is 0 Å². The average molecular weight is 482 g/mol. The molecule has 1 aliphatic rings. The standard InChI is InChI=1S/C26H32FN5O3/c1-17(2)25-29-24(31-35-25)20-8-7-9-21(16-20)32(26(33)18(3)13-14-27)15-6-4-5-10-22-28-23(30-34-22)19-11-12-19/h7-9,16-17,19H,3-6,10-15H2,1-2H3. The van der Waals surface area contributed by atoms with E-state index in [0.717, 1.165) is 43.5 Å². The lowest BCUT2D eigenvalue weighted by atomic mass is 10.1. The molecule has 2 aromatic heterocycles. The second kappa shape index (κ2) is 11.4. The van der Waals surface area contributed by atoms with Gasteiger partial charge in [-0.15, -0.1) is 0 Å². The molecule has 3 aromatic rings. The molecule has 1 aromatic carbocycles. The number of amides is 1. The molecule has 0 N–H and O–H groups in total. The summed E-state index contributed by atoms with van der Waals surface area (Å²) in [7, 11) is 0. The lowest BCUT2D eigenvalue weighted by Crippen LogP contribution is -2.33. The quantitative estimate of drug-likeness (QED) is 0.225. The average Bonchev–Trinajstić information content (AvgIpc) is 3.38. The van der Waals surface area contributed by atoms with Crippen LogP contribution in [0.5, 0.6) is 0 Å². The first-order valence-electron chi connectivity index (χ1n) is 12.3. The molecule has 0 atom stereocenters. The number of aromatic nitrogens is 4. The molecule has 8 nitrogen and oxygen atoms in total. The molecule has 2 heterocycles. The van der Waals surface area contributed by atoms with Crippen molar-refractivity contribution in [2.24, 2.45) is 0 Å². The van der Waals surface area contributed by atoms with E-state index in [2.05, 4.69) is 26.9 Å². The van der Waals surface area contributed by atoms with Gasteiger partial charge in [0.25, 0.3) is 5.91 Å². The zero-order valence-corrected chi connectivity index (χ0v) is 20.4. The Hall–Kier alpha value is -3.36. The third kappa shape index (κ3) is 6.41. The van der Waals surface area contributed by atoms with E-state index in [0.29, 0.717) is 42.2 Å². The molecular formula is C26H32FN5O3. The molecule has 1 saturated carbocycles. The first-order chi connectivity index (χ1) is 17.0. The van der Waals surface area contributed by atoms with Gasteiger partial charge in [0, 0.05) is 48.0 Å². The van der Waals surface area contributed by atoms with Gasteiger partial charge in [-0.2, -0.15) is 9.97 Å². The molecule has 0 saturated heterocycles. The third-order valence-electron chi connectivity index (χ3n) is 5.99. The van der Waals surface area contributed by atoms with Crippen LogP contribution in [0.15, 0.2) is 45.5 Å². The van der Waals surface area contributed by atoms with E-state index in [1.807, 2.05) is 38.1 Å². The number of nitrogens with zero attached hydrogens (tertiary/aromatic N) is 5. The normalized spacial score (nSPS) is 13.4. The third-order valence-corrected chi connectivity index (χ3v) is 5.99. The molecule has 0 aliphatic heterocycles. The summed E-state index contributed by atoms with van der Waals surface area (Å²) in [5.74, 6) is 2.84. The van der Waals surface area contributed by atoms with Gasteiger partial charge in [-0.3, -0.25) is 9.18 Å². The Balaban J connectivity index is 1.40. The van der Waals surface area contributed by atoms with Crippen LogP contribution >= 0.6 is 0 Å². The SMILES string of the molecule is C=C(CCF)C(=O)N(CCCCCc1nc(C2CC2)no1)c1cccc(-c2noc(C(C)C)n2)c1. The molecule has 186 valence electrons. The van der Waals surface area contributed by atoms with Gasteiger partial charge in [-0.25, -0.2) is 0 Å². The van der Waals surface area contributed by atoms with Crippen molar-refractivity contribution in [2.75, 3.05) is 18.1 Å². The maximum absolute atomic E-state index is 13.1. The smallest absolute Gasteiger partial charge is 0.253 e. The monoisotopic (exact) mass is 481 g/mol. The van der Waals surface area contributed by atoms with E-state index in [-0.39, 0.29) is 23.8 Å². The van der Waals surface area contributed by atoms with E-state index in [4.69, 9.17) is 9.05 Å². The van der Waals surface area contributed by atoms with Crippen molar-refractivity contribution in [3.63, 3.8) is 0 Å². The van der Waals surface area contributed by atoms with E-state index < -0.39 is 6.67 Å². The van der Waals surface area contributed by atoms with E-state index in [1.54, 1.807) is 4.90 Å². The fourth-order valence-electron chi connectivity index (χ4n) is 3.76. The van der Waals surface area contributed by atoms with Crippen molar-refractivity contribution in [2.45, 2.75) is 70.6 Å². The Morgan fingerprint density at radius 3 is 2.71 bits per heavy atom. The second-order valence-electron chi connectivity index (χ2n) is 9.29. The predicted molar refractivity (Wildman–Crippen MR) is 130 cm³/mol. The highest BCUT2D eigenvalue weighted by Gasteiger charge is 2.28. The fraction of sp³-hybridized carbons (Fsp3) is 0.500. The topological polar surface area (TPSA) is 98.2 Å². The van der Waals surface area contributed by atoms with Crippen molar-refractivity contribution in [1.82, 2.24) is 20.3 Å². The van der Waals surface area contributed by atoms with Gasteiger partial charge in [-0.05, 0) is 37.8 Å². The van der Waals surface area contributed by atoms with Gasteiger partial charge in [0.1, 0.15) is 0 Å². The number of benzene rings is 1. The minimum Gasteiger partial charge on any atom is -0.339 e. The first kappa shape index (κ1) is 24.8. The largest absolute Gasteiger partial charge is 0.339 e. The van der Waals surface area contributed by atoms with E-state index >= 15 is 0 Å². The lowest BCUT2D eigenvalue weighted by molar-refractivity contribution is -0.115. The number of anilines is 1. The molecule has 0 spiro atoms. The minimum atomic E-state index is -0.619. The van der Waals surface area contributed by atoms with Gasteiger partial charge < -0.3 is 13.9 Å². The molecule has 1 fully saturated rings. The lowest BCUT2D eigenvalue weighted by Gasteiger charge is -2.24. The van der Waals surface area contributed by atoms with Gasteiger partial charge in [-0.1, -0.05) is 49.3 Å². The van der Waals surface area contributed by atoms with Crippen LogP contribution in [0.3, 0.4) is 0 Å². The van der Waals surface area contributed by atoms with Crippen LogP contribution < -0.4 is 4.90 Å². The number of aryl methyl sites for hydroxylation is 1. The Labute approximate surface area is 204 Å². The molecule has 9 heteroatoms. The highest BCUT2D eigenvalue weighted by Crippen LogP contribution is 2.38. The van der Waals surface area contributed by atoms with Crippen molar-refractivity contribution < 1.29 is 18.2 Å². The summed E-state index contributed by atoms with van der Waals surface area (Å²) in [6.45, 7) is 7.63. The molecule has 1 amide bonds. The summed E-state index contributed by atoms with van der Waals surface area (Å²) in [6.07, 6.45) is 5.53. The van der Waals surface area contributed by atoms with Crippen molar-refractivity contribution in [1.29, 1.82) is 0 Å². The number of unbranched alkanes of at least 4 members (excludes halogenated alkanes) is 2. The maximum Gasteiger partial charge on any atom is 0.253 e. The summed E-state index contributed by atoms with van der Waals surface area (Å²) in [5, 5.41) is 8.13. The predicted octanol–water partition coefficient (Wildman–Crippen LogP) is 5.78. The number of hydrogen-bond donors (Lipinski definition) is 0. The number of rotatable bonds is 13. The number of alkyl halides is 1. The van der Waals surface area contributed by atoms with Crippen LogP contribution in [0.25, 0.3) is 11.4 Å².